The average Bonchev–Trinajstić information content (AvgIpc) is 3.09. The van der Waals surface area contributed by atoms with Gasteiger partial charge in [-0.2, -0.15) is 4.39 Å². The molecule has 0 saturated carbocycles. The van der Waals surface area contributed by atoms with E-state index in [1.54, 1.807) is 0 Å². The van der Waals surface area contributed by atoms with E-state index in [1.807, 2.05) is 30.6 Å². The van der Waals surface area contributed by atoms with Crippen LogP contribution in [0.25, 0.3) is 0 Å². The number of aromatic nitrogens is 1. The van der Waals surface area contributed by atoms with Crippen molar-refractivity contribution in [2.24, 2.45) is 0 Å². The van der Waals surface area contributed by atoms with Crippen molar-refractivity contribution in [3.05, 3.63) is 142 Å². The third kappa shape index (κ3) is 5.31. The number of dihydropyridines is 1. The number of rotatable bonds is 4. The summed E-state index contributed by atoms with van der Waals surface area (Å²) in [5, 5.41) is 0.192. The molecule has 50 heavy (non-hydrogen) atoms. The van der Waals surface area contributed by atoms with E-state index in [0.717, 1.165) is 0 Å². The van der Waals surface area contributed by atoms with Gasteiger partial charge in [0.2, 0.25) is 5.95 Å². The molecule has 22 heteroatoms. The monoisotopic (exact) mass is 744 g/mol. The van der Waals surface area contributed by atoms with E-state index < -0.39 is 139 Å². The molecule has 5 rings (SSSR count). The van der Waals surface area contributed by atoms with Gasteiger partial charge in [0.25, 0.3) is 0 Å². The average molecular weight is 744 g/mol. The smallest absolute Gasteiger partial charge is 0.223 e. The molecule has 266 valence electrons. The summed E-state index contributed by atoms with van der Waals surface area (Å²) in [6.07, 6.45) is -4.67. The number of hydrogen-bond acceptors (Lipinski definition) is 1. The van der Waals surface area contributed by atoms with Gasteiger partial charge in [-0.25, -0.2) is 79.6 Å². The number of halogens is 19. The zero-order valence-electron chi connectivity index (χ0n) is 23.2. The second-order valence-electron chi connectivity index (χ2n) is 9.89. The van der Waals surface area contributed by atoms with Crippen LogP contribution in [0, 0.1) is 87.3 Å². The van der Waals surface area contributed by atoms with Gasteiger partial charge in [-0.05, 0) is 0 Å². The van der Waals surface area contributed by atoms with Crippen LogP contribution in [0.5, 0.6) is 0 Å². The van der Waals surface area contributed by atoms with E-state index in [0.29, 0.717) is 0 Å². The number of aromatic amines is 1. The van der Waals surface area contributed by atoms with Crippen molar-refractivity contribution in [1.82, 2.24) is 5.32 Å². The van der Waals surface area contributed by atoms with E-state index in [4.69, 9.17) is 0 Å². The SMILES string of the molecule is FC1=CC(F)=C(F)NC1(F)[B-](c1c(F)c(F)c(F)c(F)c1F)(c1c(F)c(F)c(F)c(F)c1F)c1c(F)c(F)c(F)c(F)c1F.c1cc[nH+]cc1. The second-order valence-corrected chi connectivity index (χ2v) is 9.89. The molecular weight excluding hydrogens is 736 g/mol. The Labute approximate surface area is 264 Å². The second kappa shape index (κ2) is 13.3. The van der Waals surface area contributed by atoms with Crippen molar-refractivity contribution in [3.8, 4) is 0 Å². The molecule has 0 saturated heterocycles. The van der Waals surface area contributed by atoms with E-state index in [9.17, 15) is 48.3 Å². The third-order valence-corrected chi connectivity index (χ3v) is 7.34. The molecule has 3 aromatic carbocycles. The highest BCUT2D eigenvalue weighted by Crippen LogP contribution is 2.41. The summed E-state index contributed by atoms with van der Waals surface area (Å²) < 4.78 is 281. The standard InChI is InChI=1S/C23H2BF19N.C5H5N/c25-2-1-3(26)23(43,44-22(2)42)24(4-7(27)13(33)19(39)14(34)8(4)28,5-9(29)15(35)20(40)16(36)10(5)30)6-11(31)17(37)21(41)18(38)12(6)32;1-2-4-6-5-3-1/h1,44H;1-5H/q-1;/p+1. The number of H-pyrrole nitrogens is 1. The maximum absolute atomic E-state index is 17.0. The predicted molar refractivity (Wildman–Crippen MR) is 132 cm³/mol. The van der Waals surface area contributed by atoms with Crippen LogP contribution in [0.2, 0.25) is 0 Å². The molecule has 0 amide bonds. The summed E-state index contributed by atoms with van der Waals surface area (Å²) in [7, 11) is 0. The Morgan fingerprint density at radius 2 is 0.700 bits per heavy atom. The summed E-state index contributed by atoms with van der Waals surface area (Å²) in [6.45, 7) is 0. The van der Waals surface area contributed by atoms with Crippen molar-refractivity contribution in [1.29, 1.82) is 0 Å². The zero-order chi connectivity index (χ0) is 37.8. The van der Waals surface area contributed by atoms with Gasteiger partial charge in [0, 0.05) is 18.2 Å². The van der Waals surface area contributed by atoms with Crippen LogP contribution in [0.3, 0.4) is 0 Å². The first-order chi connectivity index (χ1) is 23.2. The Hall–Kier alpha value is -5.18. The molecule has 0 radical (unpaired) electrons. The quantitative estimate of drug-likeness (QED) is 0.0834. The van der Waals surface area contributed by atoms with Crippen molar-refractivity contribution in [2.45, 2.75) is 5.69 Å². The van der Waals surface area contributed by atoms with Gasteiger partial charge in [-0.3, -0.25) is 4.39 Å². The van der Waals surface area contributed by atoms with E-state index in [2.05, 4.69) is 4.98 Å². The van der Waals surface area contributed by atoms with Crippen LogP contribution < -0.4 is 26.7 Å². The van der Waals surface area contributed by atoms with Crippen LogP contribution >= 0.6 is 0 Å². The van der Waals surface area contributed by atoms with Crippen LogP contribution in [-0.4, -0.2) is 11.8 Å². The Balaban J connectivity index is 0.000000845. The van der Waals surface area contributed by atoms with Gasteiger partial charge in [-0.1, -0.05) is 6.07 Å². The summed E-state index contributed by atoms with van der Waals surface area (Å²) in [5.74, 6) is -62.1. The summed E-state index contributed by atoms with van der Waals surface area (Å²) in [4.78, 5) is 2.89. The molecule has 0 spiro atoms. The van der Waals surface area contributed by atoms with Crippen molar-refractivity contribution in [2.75, 3.05) is 0 Å². The van der Waals surface area contributed by atoms with Crippen molar-refractivity contribution < 1.29 is 88.4 Å². The maximum Gasteiger partial charge on any atom is 0.223 e. The lowest BCUT2D eigenvalue weighted by Gasteiger charge is -2.53. The molecule has 2 N–H and O–H groups in total. The third-order valence-electron chi connectivity index (χ3n) is 7.34. The Morgan fingerprint density at radius 1 is 0.420 bits per heavy atom. The highest BCUT2D eigenvalue weighted by Gasteiger charge is 2.63. The maximum atomic E-state index is 17.0. The first-order valence-electron chi connectivity index (χ1n) is 12.7. The van der Waals surface area contributed by atoms with Crippen LogP contribution in [0.4, 0.5) is 83.4 Å². The first kappa shape index (κ1) is 37.6. The lowest BCUT2D eigenvalue weighted by molar-refractivity contribution is -0.377. The molecule has 1 aliphatic rings. The Morgan fingerprint density at radius 3 is 0.940 bits per heavy atom. The lowest BCUT2D eigenvalue weighted by atomic mass is 9.10. The molecule has 0 bridgehead atoms. The number of benzene rings is 3. The van der Waals surface area contributed by atoms with Crippen LogP contribution in [0.1, 0.15) is 0 Å². The topological polar surface area (TPSA) is 26.2 Å². The zero-order valence-corrected chi connectivity index (χ0v) is 23.2. The van der Waals surface area contributed by atoms with Crippen LogP contribution in [-0.2, 0) is 0 Å². The molecule has 1 unspecified atom stereocenters. The summed E-state index contributed by atoms with van der Waals surface area (Å²) >= 11 is 0. The normalized spacial score (nSPS) is 16.2. The van der Waals surface area contributed by atoms with E-state index in [1.165, 1.54) is 0 Å². The number of nitrogens with one attached hydrogen (secondary N) is 2. The fraction of sp³-hybridized carbons (Fsp3) is 0.0357. The molecule has 0 fully saturated rings. The highest BCUT2D eigenvalue weighted by atomic mass is 19.2. The minimum Gasteiger partial charge on any atom is -0.352 e. The number of allylic oxidation sites excluding steroid dienone is 2. The highest BCUT2D eigenvalue weighted by molar-refractivity contribution is 7.14. The van der Waals surface area contributed by atoms with Gasteiger partial charge in [0.1, 0.15) is 46.4 Å². The van der Waals surface area contributed by atoms with Gasteiger partial charge in [-0.15, -0.1) is 16.4 Å². The molecule has 1 aliphatic heterocycles. The summed E-state index contributed by atoms with van der Waals surface area (Å²) in [6, 6.07) is 5.86. The molecule has 0 aliphatic carbocycles. The predicted octanol–water partition coefficient (Wildman–Crippen LogP) is 6.51. The Bertz CT molecular complexity index is 1820. The number of alkyl halides is 1. The summed E-state index contributed by atoms with van der Waals surface area (Å²) in [5.41, 5.74) is -16.7. The number of hydrogen-bond donors (Lipinski definition) is 1. The van der Waals surface area contributed by atoms with Gasteiger partial charge >= 0.3 is 0 Å². The minimum atomic E-state index is -7.29. The molecule has 4 aromatic rings. The first-order valence-corrected chi connectivity index (χ1v) is 12.7. The largest absolute Gasteiger partial charge is 0.352 e. The van der Waals surface area contributed by atoms with Gasteiger partial charge in [0.05, 0.1) is 0 Å². The Kier molecular flexibility index (Phi) is 9.99. The van der Waals surface area contributed by atoms with E-state index >= 15 is 35.1 Å². The molecule has 1 atom stereocenters. The molecular formula is C28H8BF19N2. The van der Waals surface area contributed by atoms with E-state index in [-0.39, 0.29) is 5.32 Å². The molecule has 2 nitrogen and oxygen atoms in total. The fourth-order valence-corrected chi connectivity index (χ4v) is 5.25. The van der Waals surface area contributed by atoms with Crippen molar-refractivity contribution >= 4 is 22.5 Å². The fourth-order valence-electron chi connectivity index (χ4n) is 5.25. The molecule has 2 heterocycles. The van der Waals surface area contributed by atoms with Crippen LogP contribution in [0.15, 0.2) is 54.3 Å². The minimum absolute atomic E-state index is 0.192. The number of pyridine rings is 1. The molecule has 1 aromatic heterocycles. The van der Waals surface area contributed by atoms with Gasteiger partial charge < -0.3 is 5.32 Å². The lowest BCUT2D eigenvalue weighted by Crippen LogP contribution is -2.86. The van der Waals surface area contributed by atoms with Gasteiger partial charge in [0.15, 0.2) is 76.7 Å². The van der Waals surface area contributed by atoms with Crippen molar-refractivity contribution in [3.63, 3.8) is 0 Å².